The number of pyridine rings is 1. The number of hydrogen-bond donors (Lipinski definition) is 2. The maximum absolute atomic E-state index is 12.1. The Morgan fingerprint density at radius 2 is 1.95 bits per heavy atom. The third-order valence-electron chi connectivity index (χ3n) is 3.17. The van der Waals surface area contributed by atoms with Crippen LogP contribution >= 0.6 is 0 Å². The molecule has 1 aromatic carbocycles. The molecular formula is C16H18N2O2. The van der Waals surface area contributed by atoms with Crippen LogP contribution in [-0.4, -0.2) is 16.0 Å². The van der Waals surface area contributed by atoms with Crippen molar-refractivity contribution in [3.63, 3.8) is 0 Å². The molecule has 0 bridgehead atoms. The Labute approximate surface area is 118 Å². The quantitative estimate of drug-likeness (QED) is 0.897. The minimum Gasteiger partial charge on any atom is -0.392 e. The lowest BCUT2D eigenvalue weighted by atomic mass is 10.0. The molecular weight excluding hydrogens is 252 g/mol. The number of benzene rings is 1. The lowest BCUT2D eigenvalue weighted by Crippen LogP contribution is -2.13. The summed E-state index contributed by atoms with van der Waals surface area (Å²) in [6.45, 7) is 4.08. The molecule has 2 rings (SSSR count). The SMILES string of the molecule is CC(C)c1ccc(C(=O)Nc2cnccc2CO)cc1. The summed E-state index contributed by atoms with van der Waals surface area (Å²) in [6.07, 6.45) is 3.12. The van der Waals surface area contributed by atoms with Crippen LogP contribution in [0.5, 0.6) is 0 Å². The van der Waals surface area contributed by atoms with E-state index in [1.165, 1.54) is 11.8 Å². The van der Waals surface area contributed by atoms with Gasteiger partial charge in [0.05, 0.1) is 18.5 Å². The second-order valence-corrected chi connectivity index (χ2v) is 4.92. The van der Waals surface area contributed by atoms with Gasteiger partial charge in [-0.2, -0.15) is 0 Å². The van der Waals surface area contributed by atoms with Crippen LogP contribution in [0.15, 0.2) is 42.7 Å². The molecule has 4 heteroatoms. The first-order chi connectivity index (χ1) is 9.61. The Morgan fingerprint density at radius 3 is 2.55 bits per heavy atom. The van der Waals surface area contributed by atoms with Crippen LogP contribution in [-0.2, 0) is 6.61 Å². The molecule has 20 heavy (non-hydrogen) atoms. The van der Waals surface area contributed by atoms with Crippen molar-refractivity contribution in [2.45, 2.75) is 26.4 Å². The van der Waals surface area contributed by atoms with E-state index in [0.717, 1.165) is 0 Å². The van der Waals surface area contributed by atoms with Crippen LogP contribution in [0.4, 0.5) is 5.69 Å². The molecule has 104 valence electrons. The zero-order valence-corrected chi connectivity index (χ0v) is 11.6. The Balaban J connectivity index is 2.15. The molecule has 0 aliphatic rings. The van der Waals surface area contributed by atoms with E-state index in [2.05, 4.69) is 24.1 Å². The molecule has 2 N–H and O–H groups in total. The van der Waals surface area contributed by atoms with Crippen molar-refractivity contribution in [1.82, 2.24) is 4.98 Å². The number of rotatable bonds is 4. The van der Waals surface area contributed by atoms with Crippen LogP contribution in [0.25, 0.3) is 0 Å². The van der Waals surface area contributed by atoms with Gasteiger partial charge in [-0.05, 0) is 29.7 Å². The second kappa shape index (κ2) is 6.30. The molecule has 1 aromatic heterocycles. The number of aliphatic hydroxyl groups is 1. The van der Waals surface area contributed by atoms with Gasteiger partial charge in [0.25, 0.3) is 5.91 Å². The average molecular weight is 270 g/mol. The number of amides is 1. The van der Waals surface area contributed by atoms with Crippen molar-refractivity contribution in [3.05, 3.63) is 59.4 Å². The zero-order chi connectivity index (χ0) is 14.5. The van der Waals surface area contributed by atoms with E-state index in [-0.39, 0.29) is 12.5 Å². The summed E-state index contributed by atoms with van der Waals surface area (Å²) < 4.78 is 0. The predicted octanol–water partition coefficient (Wildman–Crippen LogP) is 2.95. The molecule has 2 aromatic rings. The maximum Gasteiger partial charge on any atom is 0.255 e. The number of nitrogens with zero attached hydrogens (tertiary/aromatic N) is 1. The maximum atomic E-state index is 12.1. The van der Waals surface area contributed by atoms with E-state index < -0.39 is 0 Å². The van der Waals surface area contributed by atoms with E-state index in [1.54, 1.807) is 24.4 Å². The minimum atomic E-state index is -0.206. The molecule has 0 aliphatic carbocycles. The van der Waals surface area contributed by atoms with Gasteiger partial charge in [-0.15, -0.1) is 0 Å². The monoisotopic (exact) mass is 270 g/mol. The number of carbonyl (C=O) groups is 1. The third kappa shape index (κ3) is 3.22. The largest absolute Gasteiger partial charge is 0.392 e. The van der Waals surface area contributed by atoms with Gasteiger partial charge in [0, 0.05) is 17.3 Å². The number of aliphatic hydroxyl groups excluding tert-OH is 1. The molecule has 0 fully saturated rings. The first kappa shape index (κ1) is 14.2. The van der Waals surface area contributed by atoms with E-state index in [4.69, 9.17) is 0 Å². The lowest BCUT2D eigenvalue weighted by molar-refractivity contribution is 0.102. The summed E-state index contributed by atoms with van der Waals surface area (Å²) in [4.78, 5) is 16.1. The molecule has 4 nitrogen and oxygen atoms in total. The lowest BCUT2D eigenvalue weighted by Gasteiger charge is -2.10. The van der Waals surface area contributed by atoms with Crippen molar-refractivity contribution in [3.8, 4) is 0 Å². The molecule has 0 saturated heterocycles. The first-order valence-corrected chi connectivity index (χ1v) is 6.57. The normalized spacial score (nSPS) is 10.6. The van der Waals surface area contributed by atoms with Gasteiger partial charge >= 0.3 is 0 Å². The zero-order valence-electron chi connectivity index (χ0n) is 11.6. The fourth-order valence-corrected chi connectivity index (χ4v) is 1.89. The molecule has 1 amide bonds. The summed E-state index contributed by atoms with van der Waals surface area (Å²) in [5.74, 6) is 0.231. The van der Waals surface area contributed by atoms with Gasteiger partial charge in [0.1, 0.15) is 0 Å². The van der Waals surface area contributed by atoms with Crippen molar-refractivity contribution < 1.29 is 9.90 Å². The van der Waals surface area contributed by atoms with Crippen molar-refractivity contribution in [1.29, 1.82) is 0 Å². The summed E-state index contributed by atoms with van der Waals surface area (Å²) in [7, 11) is 0. The highest BCUT2D eigenvalue weighted by atomic mass is 16.3. The molecule has 0 aliphatic heterocycles. The van der Waals surface area contributed by atoms with Crippen molar-refractivity contribution in [2.24, 2.45) is 0 Å². The van der Waals surface area contributed by atoms with Crippen LogP contribution in [0.2, 0.25) is 0 Å². The Morgan fingerprint density at radius 1 is 1.25 bits per heavy atom. The van der Waals surface area contributed by atoms with E-state index in [0.29, 0.717) is 22.7 Å². The highest BCUT2D eigenvalue weighted by molar-refractivity contribution is 6.04. The Hall–Kier alpha value is -2.20. The molecule has 0 saturated carbocycles. The molecule has 0 unspecified atom stereocenters. The summed E-state index contributed by atoms with van der Waals surface area (Å²) in [5, 5.41) is 12.0. The number of nitrogens with one attached hydrogen (secondary N) is 1. The third-order valence-corrected chi connectivity index (χ3v) is 3.17. The molecule has 0 radical (unpaired) electrons. The first-order valence-electron chi connectivity index (χ1n) is 6.57. The second-order valence-electron chi connectivity index (χ2n) is 4.92. The standard InChI is InChI=1S/C16H18N2O2/c1-11(2)12-3-5-13(6-4-12)16(20)18-15-9-17-8-7-14(15)10-19/h3-9,11,19H,10H2,1-2H3,(H,18,20). The summed E-state index contributed by atoms with van der Waals surface area (Å²) in [6, 6.07) is 9.20. The highest BCUT2D eigenvalue weighted by Gasteiger charge is 2.09. The van der Waals surface area contributed by atoms with Gasteiger partial charge in [-0.1, -0.05) is 26.0 Å². The molecule has 0 atom stereocenters. The number of carbonyl (C=O) groups excluding carboxylic acids is 1. The number of anilines is 1. The van der Waals surface area contributed by atoms with Gasteiger partial charge in [-0.3, -0.25) is 9.78 Å². The van der Waals surface area contributed by atoms with Gasteiger partial charge < -0.3 is 10.4 Å². The number of aromatic nitrogens is 1. The highest BCUT2D eigenvalue weighted by Crippen LogP contribution is 2.17. The minimum absolute atomic E-state index is 0.135. The smallest absolute Gasteiger partial charge is 0.255 e. The fourth-order valence-electron chi connectivity index (χ4n) is 1.89. The molecule has 1 heterocycles. The van der Waals surface area contributed by atoms with Gasteiger partial charge in [-0.25, -0.2) is 0 Å². The average Bonchev–Trinajstić information content (AvgIpc) is 2.48. The van der Waals surface area contributed by atoms with Gasteiger partial charge in [0.2, 0.25) is 0 Å². The molecule has 0 spiro atoms. The fraction of sp³-hybridized carbons (Fsp3) is 0.250. The van der Waals surface area contributed by atoms with Crippen LogP contribution in [0.1, 0.15) is 41.3 Å². The Bertz CT molecular complexity index is 592. The van der Waals surface area contributed by atoms with Gasteiger partial charge in [0.15, 0.2) is 0 Å². The van der Waals surface area contributed by atoms with E-state index in [9.17, 15) is 9.90 Å². The van der Waals surface area contributed by atoms with Crippen LogP contribution in [0, 0.1) is 0 Å². The number of hydrogen-bond acceptors (Lipinski definition) is 3. The summed E-state index contributed by atoms with van der Waals surface area (Å²) in [5.41, 5.74) is 2.96. The summed E-state index contributed by atoms with van der Waals surface area (Å²) >= 11 is 0. The van der Waals surface area contributed by atoms with E-state index >= 15 is 0 Å². The topological polar surface area (TPSA) is 62.2 Å². The van der Waals surface area contributed by atoms with Crippen molar-refractivity contribution in [2.75, 3.05) is 5.32 Å². The van der Waals surface area contributed by atoms with Crippen molar-refractivity contribution >= 4 is 11.6 Å². The van der Waals surface area contributed by atoms with Crippen LogP contribution in [0.3, 0.4) is 0 Å². The van der Waals surface area contributed by atoms with E-state index in [1.807, 2.05) is 12.1 Å². The Kier molecular flexibility index (Phi) is 4.48. The predicted molar refractivity (Wildman–Crippen MR) is 78.6 cm³/mol. The van der Waals surface area contributed by atoms with Crippen LogP contribution < -0.4 is 5.32 Å².